The number of carbonyl (C=O) groups excluding carboxylic acids is 1. The van der Waals surface area contributed by atoms with Gasteiger partial charge in [0.15, 0.2) is 0 Å². The Labute approximate surface area is 94.3 Å². The summed E-state index contributed by atoms with van der Waals surface area (Å²) in [5, 5.41) is 2.03. The first kappa shape index (κ1) is 11.6. The van der Waals surface area contributed by atoms with Gasteiger partial charge in [0, 0.05) is 5.56 Å². The Morgan fingerprint density at radius 1 is 1.24 bits per heavy atom. The number of aliphatic imine (C=N–C) groups is 1. The zero-order valence-electron chi connectivity index (χ0n) is 8.45. The second-order valence-corrected chi connectivity index (χ2v) is 3.54. The van der Waals surface area contributed by atoms with Gasteiger partial charge >= 0.3 is 6.18 Å². The number of alkyl halides is 3. The van der Waals surface area contributed by atoms with Gasteiger partial charge in [-0.15, -0.1) is 0 Å². The van der Waals surface area contributed by atoms with E-state index < -0.39 is 17.7 Å². The van der Waals surface area contributed by atoms with Gasteiger partial charge in [0.1, 0.15) is 5.84 Å². The van der Waals surface area contributed by atoms with Crippen molar-refractivity contribution in [3.8, 4) is 0 Å². The minimum atomic E-state index is -4.92. The molecular weight excluding hydrogens is 235 g/mol. The largest absolute Gasteiger partial charge is 0.436 e. The van der Waals surface area contributed by atoms with Crippen molar-refractivity contribution in [3.05, 3.63) is 35.9 Å². The van der Waals surface area contributed by atoms with E-state index in [-0.39, 0.29) is 5.84 Å². The first-order valence-electron chi connectivity index (χ1n) is 4.67. The van der Waals surface area contributed by atoms with Crippen molar-refractivity contribution in [3.63, 3.8) is 0 Å². The number of rotatable bonds is 1. The van der Waals surface area contributed by atoms with Gasteiger partial charge in [0.2, 0.25) is 0 Å². The fourth-order valence-electron chi connectivity index (χ4n) is 1.38. The van der Waals surface area contributed by atoms with E-state index in [0.717, 1.165) is 0 Å². The smallest absolute Gasteiger partial charge is 0.307 e. The number of halogens is 3. The molecule has 0 aromatic heterocycles. The van der Waals surface area contributed by atoms with Crippen LogP contribution in [0.4, 0.5) is 13.2 Å². The molecule has 1 aromatic rings. The zero-order chi connectivity index (χ0) is 12.7. The van der Waals surface area contributed by atoms with E-state index in [9.17, 15) is 18.0 Å². The molecule has 1 aliphatic rings. The predicted molar refractivity (Wildman–Crippen MR) is 54.1 cm³/mol. The lowest BCUT2D eigenvalue weighted by molar-refractivity contribution is -0.186. The Kier molecular flexibility index (Phi) is 2.43. The molecule has 1 heterocycles. The molecule has 3 N–H and O–H groups in total. The molecule has 0 saturated carbocycles. The lowest BCUT2D eigenvalue weighted by Gasteiger charge is -2.20. The van der Waals surface area contributed by atoms with Gasteiger partial charge < -0.3 is 5.32 Å². The molecule has 1 aliphatic heterocycles. The third-order valence-corrected chi connectivity index (χ3v) is 2.35. The quantitative estimate of drug-likeness (QED) is 0.765. The predicted octanol–water partition coefficient (Wildman–Crippen LogP) is 0.780. The van der Waals surface area contributed by atoms with Crippen LogP contribution in [0.15, 0.2) is 35.3 Å². The highest BCUT2D eigenvalue weighted by molar-refractivity contribution is 6.15. The van der Waals surface area contributed by atoms with Crippen LogP contribution in [0.25, 0.3) is 0 Å². The third kappa shape index (κ3) is 1.78. The van der Waals surface area contributed by atoms with Crippen LogP contribution in [0, 0.1) is 0 Å². The zero-order valence-corrected chi connectivity index (χ0v) is 8.45. The standard InChI is InChI=1S/C10H8F3N3O/c11-10(12,13)9(14)8(17)15-7(16-9)6-4-2-1-3-5-6/h1-5H,14H2,(H,15,16,17). The van der Waals surface area contributed by atoms with Crippen molar-refractivity contribution in [1.82, 2.24) is 5.32 Å². The molecular formula is C10H8F3N3O. The van der Waals surface area contributed by atoms with Gasteiger partial charge in [0.05, 0.1) is 0 Å². The number of amidine groups is 1. The monoisotopic (exact) mass is 243 g/mol. The molecule has 0 aliphatic carbocycles. The highest BCUT2D eigenvalue weighted by Crippen LogP contribution is 2.32. The topological polar surface area (TPSA) is 67.5 Å². The lowest BCUT2D eigenvalue weighted by Crippen LogP contribution is -2.58. The van der Waals surface area contributed by atoms with E-state index in [1.807, 2.05) is 5.32 Å². The number of amides is 1. The van der Waals surface area contributed by atoms with E-state index >= 15 is 0 Å². The summed E-state index contributed by atoms with van der Waals surface area (Å²) < 4.78 is 37.8. The van der Waals surface area contributed by atoms with Gasteiger partial charge in [-0.1, -0.05) is 30.3 Å². The van der Waals surface area contributed by atoms with E-state index in [0.29, 0.717) is 5.56 Å². The SMILES string of the molecule is NC1(C(F)(F)F)N=C(c2ccccc2)NC1=O. The van der Waals surface area contributed by atoms with Crippen LogP contribution < -0.4 is 11.1 Å². The fourth-order valence-corrected chi connectivity index (χ4v) is 1.38. The van der Waals surface area contributed by atoms with Crippen molar-refractivity contribution in [2.45, 2.75) is 11.8 Å². The second-order valence-electron chi connectivity index (χ2n) is 3.54. The van der Waals surface area contributed by atoms with Crippen LogP contribution in [0.3, 0.4) is 0 Å². The maximum absolute atomic E-state index is 12.6. The first-order chi connectivity index (χ1) is 7.84. The highest BCUT2D eigenvalue weighted by atomic mass is 19.4. The molecule has 90 valence electrons. The molecule has 0 fully saturated rings. The number of hydrogen-bond acceptors (Lipinski definition) is 3. The molecule has 4 nitrogen and oxygen atoms in total. The number of nitrogens with one attached hydrogen (secondary N) is 1. The molecule has 0 bridgehead atoms. The normalized spacial score (nSPS) is 24.5. The van der Waals surface area contributed by atoms with E-state index in [1.54, 1.807) is 18.2 Å². The Bertz CT molecular complexity index is 483. The fraction of sp³-hybridized carbons (Fsp3) is 0.200. The van der Waals surface area contributed by atoms with Crippen LogP contribution in [0.2, 0.25) is 0 Å². The average molecular weight is 243 g/mol. The van der Waals surface area contributed by atoms with Gasteiger partial charge in [-0.3, -0.25) is 10.5 Å². The summed E-state index contributed by atoms with van der Waals surface area (Å²) in [6.07, 6.45) is -4.92. The lowest BCUT2D eigenvalue weighted by atomic mass is 10.2. The summed E-state index contributed by atoms with van der Waals surface area (Å²) in [6, 6.07) is 7.99. The van der Waals surface area contributed by atoms with Gasteiger partial charge in [-0.25, -0.2) is 4.99 Å². The molecule has 1 amide bonds. The highest BCUT2D eigenvalue weighted by Gasteiger charge is 2.61. The molecule has 0 radical (unpaired) electrons. The van der Waals surface area contributed by atoms with Crippen molar-refractivity contribution in [2.75, 3.05) is 0 Å². The van der Waals surface area contributed by atoms with Crippen LogP contribution >= 0.6 is 0 Å². The number of benzene rings is 1. The second kappa shape index (κ2) is 3.56. The Hall–Kier alpha value is -1.89. The molecule has 2 rings (SSSR count). The number of nitrogens with two attached hydrogens (primary N) is 1. The van der Waals surface area contributed by atoms with Crippen molar-refractivity contribution < 1.29 is 18.0 Å². The van der Waals surface area contributed by atoms with Crippen LogP contribution in [-0.4, -0.2) is 23.6 Å². The maximum atomic E-state index is 12.6. The summed E-state index contributed by atoms with van der Waals surface area (Å²) >= 11 is 0. The van der Waals surface area contributed by atoms with Gasteiger partial charge in [-0.2, -0.15) is 13.2 Å². The molecule has 1 atom stereocenters. The van der Waals surface area contributed by atoms with E-state index in [2.05, 4.69) is 4.99 Å². The average Bonchev–Trinajstić information content (AvgIpc) is 2.57. The minimum Gasteiger partial charge on any atom is -0.307 e. The van der Waals surface area contributed by atoms with Crippen LogP contribution in [-0.2, 0) is 4.79 Å². The van der Waals surface area contributed by atoms with Crippen molar-refractivity contribution in [2.24, 2.45) is 10.7 Å². The Morgan fingerprint density at radius 3 is 2.29 bits per heavy atom. The van der Waals surface area contributed by atoms with Crippen molar-refractivity contribution in [1.29, 1.82) is 0 Å². The third-order valence-electron chi connectivity index (χ3n) is 2.35. The van der Waals surface area contributed by atoms with E-state index in [4.69, 9.17) is 5.73 Å². The summed E-state index contributed by atoms with van der Waals surface area (Å²) in [7, 11) is 0. The molecule has 7 heteroatoms. The van der Waals surface area contributed by atoms with E-state index in [1.165, 1.54) is 12.1 Å². The maximum Gasteiger partial charge on any atom is 0.436 e. The number of hydrogen-bond donors (Lipinski definition) is 2. The molecule has 0 saturated heterocycles. The Morgan fingerprint density at radius 2 is 1.82 bits per heavy atom. The van der Waals surface area contributed by atoms with Gasteiger partial charge in [0.25, 0.3) is 11.6 Å². The molecule has 0 spiro atoms. The van der Waals surface area contributed by atoms with Crippen LogP contribution in [0.1, 0.15) is 5.56 Å². The summed E-state index contributed by atoms with van der Waals surface area (Å²) in [4.78, 5) is 14.5. The molecule has 1 unspecified atom stereocenters. The number of nitrogens with zero attached hydrogens (tertiary/aromatic N) is 1. The van der Waals surface area contributed by atoms with Crippen LogP contribution in [0.5, 0.6) is 0 Å². The first-order valence-corrected chi connectivity index (χ1v) is 4.67. The minimum absolute atomic E-state index is 0.171. The summed E-state index contributed by atoms with van der Waals surface area (Å²) in [5.41, 5.74) is 2.16. The Balaban J connectivity index is 2.42. The van der Waals surface area contributed by atoms with Crippen molar-refractivity contribution >= 4 is 11.7 Å². The molecule has 1 aromatic carbocycles. The van der Waals surface area contributed by atoms with Gasteiger partial charge in [-0.05, 0) is 0 Å². The number of carbonyl (C=O) groups is 1. The summed E-state index contributed by atoms with van der Waals surface area (Å²) in [5.74, 6) is -1.54. The summed E-state index contributed by atoms with van der Waals surface area (Å²) in [6.45, 7) is 0. The molecule has 17 heavy (non-hydrogen) atoms.